The Bertz CT molecular complexity index is 1080. The van der Waals surface area contributed by atoms with Crippen molar-refractivity contribution in [3.63, 3.8) is 0 Å². The van der Waals surface area contributed by atoms with Gasteiger partial charge in [-0.25, -0.2) is 4.79 Å². The summed E-state index contributed by atoms with van der Waals surface area (Å²) in [6.45, 7) is -0.347. The number of hydrogen-bond donors (Lipinski definition) is 0. The predicted molar refractivity (Wildman–Crippen MR) is 132 cm³/mol. The van der Waals surface area contributed by atoms with Crippen molar-refractivity contribution >= 4 is 34.1 Å². The van der Waals surface area contributed by atoms with Gasteiger partial charge in [0.25, 0.3) is 0 Å². The topological polar surface area (TPSA) is 26.3 Å². The zero-order valence-electron chi connectivity index (χ0n) is 17.5. The van der Waals surface area contributed by atoms with E-state index in [0.29, 0.717) is 6.61 Å². The molecule has 4 rings (SSSR count). The Morgan fingerprint density at radius 3 is 1.32 bits per heavy atom. The molecule has 0 spiro atoms. The van der Waals surface area contributed by atoms with E-state index in [0.717, 1.165) is 26.8 Å². The zero-order chi connectivity index (χ0) is 21.5. The van der Waals surface area contributed by atoms with Gasteiger partial charge in [-0.05, 0) is 35.3 Å². The number of carbonyl (C=O) groups is 1. The fraction of sp³-hybridized carbons (Fsp3) is 0.0714. The van der Waals surface area contributed by atoms with Crippen LogP contribution in [0, 0.1) is 0 Å². The van der Waals surface area contributed by atoms with Crippen LogP contribution in [0.4, 0.5) is 0 Å². The number of benzene rings is 4. The third kappa shape index (κ3) is 4.00. The molecule has 2 nitrogen and oxygen atoms in total. The molecule has 0 saturated carbocycles. The van der Waals surface area contributed by atoms with Crippen LogP contribution in [0.25, 0.3) is 0 Å². The normalized spacial score (nSPS) is 11.0. The Morgan fingerprint density at radius 1 is 0.613 bits per heavy atom. The van der Waals surface area contributed by atoms with Gasteiger partial charge in [-0.2, -0.15) is 0 Å². The monoisotopic (exact) mass is 424 g/mol. The fourth-order valence-corrected chi connectivity index (χ4v) is 8.44. The Morgan fingerprint density at radius 2 is 0.968 bits per heavy atom. The minimum absolute atomic E-state index is 0.265. The molecule has 0 saturated heterocycles. The third-order valence-corrected chi connectivity index (χ3v) is 9.61. The van der Waals surface area contributed by atoms with Crippen LogP contribution in [-0.4, -0.2) is 17.9 Å². The van der Waals surface area contributed by atoms with Gasteiger partial charge in [0, 0.05) is 0 Å². The molecule has 0 aliphatic rings. The number of rotatable bonds is 6. The molecular weight excluding hydrogens is 399 g/mol. The van der Waals surface area contributed by atoms with Gasteiger partial charge in [-0.15, -0.1) is 0 Å². The molecule has 4 aromatic rings. The molecule has 0 bridgehead atoms. The second-order valence-corrected chi connectivity index (χ2v) is 10.5. The first-order valence-corrected chi connectivity index (χ1v) is 12.2. The summed E-state index contributed by atoms with van der Waals surface area (Å²) in [6.07, 6.45) is 0. The molecule has 0 amide bonds. The minimum Gasteiger partial charge on any atom is -0.462 e. The molecule has 0 aliphatic heterocycles. The summed E-state index contributed by atoms with van der Waals surface area (Å²) in [5, 5.41) is 4.09. The summed E-state index contributed by atoms with van der Waals surface area (Å²) < 4.78 is 5.68. The first-order valence-electron chi connectivity index (χ1n) is 10.4. The lowest BCUT2D eigenvalue weighted by molar-refractivity contribution is -0.134. The number of carbonyl (C=O) groups excluding carboxylic acids is 1. The maximum atomic E-state index is 13.7. The van der Waals surface area contributed by atoms with Gasteiger partial charge in [0.15, 0.2) is 0 Å². The Hall–Kier alpha value is -3.35. The van der Waals surface area contributed by atoms with Crippen molar-refractivity contribution in [2.75, 3.05) is 6.61 Å². The van der Waals surface area contributed by atoms with E-state index >= 15 is 0 Å². The fourth-order valence-electron chi connectivity index (χ4n) is 4.03. The summed E-state index contributed by atoms with van der Waals surface area (Å²) in [5.74, 6) is -0.265. The first kappa shape index (κ1) is 20.9. The van der Waals surface area contributed by atoms with E-state index in [1.54, 1.807) is 0 Å². The minimum atomic E-state index is -2.53. The lowest BCUT2D eigenvalue weighted by atomic mass is 10.1. The van der Waals surface area contributed by atoms with Gasteiger partial charge in [-0.3, -0.25) is 0 Å². The molecule has 0 radical (unpaired) electrons. The Balaban J connectivity index is 2.29. The maximum Gasteiger partial charge on any atom is 0.339 e. The molecule has 154 valence electrons. The van der Waals surface area contributed by atoms with Gasteiger partial charge < -0.3 is 4.74 Å². The molecule has 0 N–H and O–H groups in total. The van der Waals surface area contributed by atoms with E-state index in [9.17, 15) is 4.79 Å². The maximum absolute atomic E-state index is 13.7. The summed E-state index contributed by atoms with van der Waals surface area (Å²) in [5.41, 5.74) is 0.894. The average Bonchev–Trinajstić information content (AvgIpc) is 2.85. The highest BCUT2D eigenvalue weighted by atomic mass is 31.2. The van der Waals surface area contributed by atoms with Crippen LogP contribution in [0.2, 0.25) is 0 Å². The van der Waals surface area contributed by atoms with Crippen LogP contribution in [0.5, 0.6) is 0 Å². The predicted octanol–water partition coefficient (Wildman–Crippen LogP) is 4.76. The summed E-state index contributed by atoms with van der Waals surface area (Å²) >= 11 is 0. The van der Waals surface area contributed by atoms with E-state index in [1.165, 1.54) is 0 Å². The van der Waals surface area contributed by atoms with Crippen molar-refractivity contribution in [1.82, 2.24) is 0 Å². The van der Waals surface area contributed by atoms with Crippen molar-refractivity contribution in [3.8, 4) is 0 Å². The van der Waals surface area contributed by atoms with Gasteiger partial charge in [0.1, 0.15) is 0 Å². The van der Waals surface area contributed by atoms with E-state index in [1.807, 2.05) is 91.9 Å². The van der Waals surface area contributed by atoms with Crippen LogP contribution in [-0.2, 0) is 9.53 Å². The van der Waals surface area contributed by atoms with Crippen molar-refractivity contribution < 1.29 is 9.53 Å². The molecule has 31 heavy (non-hydrogen) atoms. The lowest BCUT2D eigenvalue weighted by Gasteiger charge is -2.32. The molecule has 0 aromatic heterocycles. The summed E-state index contributed by atoms with van der Waals surface area (Å²) in [6, 6.07) is 41.1. The largest absolute Gasteiger partial charge is 0.462 e. The van der Waals surface area contributed by atoms with Crippen LogP contribution in [0.15, 0.2) is 121 Å². The average molecular weight is 424 g/mol. The smallest absolute Gasteiger partial charge is 0.339 e. The first-order chi connectivity index (χ1) is 15.3. The molecule has 0 atom stereocenters. The number of hydrogen-bond acceptors (Lipinski definition) is 2. The van der Waals surface area contributed by atoms with E-state index in [2.05, 4.69) is 36.4 Å². The van der Waals surface area contributed by atoms with Gasteiger partial charge in [-0.1, -0.05) is 121 Å². The van der Waals surface area contributed by atoms with Crippen LogP contribution in [0.3, 0.4) is 0 Å². The van der Waals surface area contributed by atoms with E-state index < -0.39 is 6.89 Å². The third-order valence-electron chi connectivity index (χ3n) is 5.28. The molecule has 0 aliphatic carbocycles. The standard InChI is InChI=1S/C28H25O2P/c1-2-30-28(29)27(23-15-7-3-8-16-23)31(24-17-9-4-10-18-24,25-19-11-5-12-20-25)26-21-13-6-14-22-26/h3-22H,2H2,1H3. The Labute approximate surface area is 184 Å². The lowest BCUT2D eigenvalue weighted by Crippen LogP contribution is -2.35. The van der Waals surface area contributed by atoms with Crippen LogP contribution in [0.1, 0.15) is 12.5 Å². The summed E-state index contributed by atoms with van der Waals surface area (Å²) in [7, 11) is 0. The second-order valence-electron chi connectivity index (χ2n) is 7.11. The van der Waals surface area contributed by atoms with Gasteiger partial charge in [0.2, 0.25) is 0 Å². The van der Waals surface area contributed by atoms with Crippen molar-refractivity contribution in [2.24, 2.45) is 0 Å². The molecular formula is C28H25O2P. The highest BCUT2D eigenvalue weighted by Gasteiger charge is 2.34. The Kier molecular flexibility index (Phi) is 6.50. The molecule has 0 fully saturated rings. The van der Waals surface area contributed by atoms with E-state index in [4.69, 9.17) is 4.74 Å². The van der Waals surface area contributed by atoms with Crippen LogP contribution >= 0.6 is 6.89 Å². The van der Waals surface area contributed by atoms with Gasteiger partial charge in [0.05, 0.1) is 11.9 Å². The highest BCUT2D eigenvalue weighted by Crippen LogP contribution is 2.47. The molecule has 0 unspecified atom stereocenters. The van der Waals surface area contributed by atoms with Crippen LogP contribution < -0.4 is 15.9 Å². The second kappa shape index (κ2) is 9.64. The number of ether oxygens (including phenoxy) is 1. The summed E-state index contributed by atoms with van der Waals surface area (Å²) in [4.78, 5) is 13.7. The quantitative estimate of drug-likeness (QED) is 0.329. The van der Waals surface area contributed by atoms with Crippen molar-refractivity contribution in [1.29, 1.82) is 0 Å². The SMILES string of the molecule is CCOC(=O)C(c1ccccc1)=P(c1ccccc1)(c1ccccc1)c1ccccc1. The molecule has 4 aromatic carbocycles. The van der Waals surface area contributed by atoms with Crippen molar-refractivity contribution in [3.05, 3.63) is 127 Å². The molecule has 0 heterocycles. The highest BCUT2D eigenvalue weighted by molar-refractivity contribution is 7.96. The van der Waals surface area contributed by atoms with E-state index in [-0.39, 0.29) is 5.97 Å². The number of esters is 1. The van der Waals surface area contributed by atoms with Gasteiger partial charge >= 0.3 is 5.97 Å². The van der Waals surface area contributed by atoms with Crippen molar-refractivity contribution in [2.45, 2.75) is 6.92 Å². The zero-order valence-corrected chi connectivity index (χ0v) is 18.4. The molecule has 3 heteroatoms.